The summed E-state index contributed by atoms with van der Waals surface area (Å²) in [6.07, 6.45) is 7.84. The van der Waals surface area contributed by atoms with Gasteiger partial charge in [-0.05, 0) is 62.2 Å². The molecule has 3 nitrogen and oxygen atoms in total. The van der Waals surface area contributed by atoms with Crippen LogP contribution in [-0.2, 0) is 9.59 Å². The molecule has 0 aromatic carbocycles. The number of ketones is 2. The standard InChI is InChI=1S/C19H28O3/c1-2-19-8-7-14-13-6-4-12(20)9-11(13)3-5-15(14)18(19)16(21)10-17(19)22/h11,13-16,18,21H,2-10H2,1H3. The largest absolute Gasteiger partial charge is 0.392 e. The van der Waals surface area contributed by atoms with Crippen LogP contribution in [0.15, 0.2) is 0 Å². The van der Waals surface area contributed by atoms with Crippen molar-refractivity contribution in [2.45, 2.75) is 70.8 Å². The molecule has 4 saturated carbocycles. The maximum atomic E-state index is 12.6. The monoisotopic (exact) mass is 304 g/mol. The number of carbonyl (C=O) groups is 2. The van der Waals surface area contributed by atoms with Crippen LogP contribution in [0, 0.1) is 35.0 Å². The molecule has 0 aromatic rings. The van der Waals surface area contributed by atoms with E-state index in [9.17, 15) is 14.7 Å². The highest BCUT2D eigenvalue weighted by atomic mass is 16.3. The normalized spacial score (nSPS) is 51.2. The van der Waals surface area contributed by atoms with Gasteiger partial charge in [0.2, 0.25) is 0 Å². The Morgan fingerprint density at radius 3 is 2.64 bits per heavy atom. The van der Waals surface area contributed by atoms with Gasteiger partial charge in [0, 0.05) is 30.6 Å². The van der Waals surface area contributed by atoms with Gasteiger partial charge in [-0.1, -0.05) is 6.92 Å². The van der Waals surface area contributed by atoms with Gasteiger partial charge in [-0.2, -0.15) is 0 Å². The van der Waals surface area contributed by atoms with Gasteiger partial charge < -0.3 is 5.11 Å². The van der Waals surface area contributed by atoms with Crippen molar-refractivity contribution in [3.63, 3.8) is 0 Å². The first-order valence-electron chi connectivity index (χ1n) is 9.30. The maximum absolute atomic E-state index is 12.6. The zero-order chi connectivity index (χ0) is 15.5. The topological polar surface area (TPSA) is 54.4 Å². The molecule has 4 fully saturated rings. The lowest BCUT2D eigenvalue weighted by atomic mass is 9.49. The Morgan fingerprint density at radius 2 is 1.86 bits per heavy atom. The van der Waals surface area contributed by atoms with Crippen molar-refractivity contribution in [2.75, 3.05) is 0 Å². The van der Waals surface area contributed by atoms with E-state index in [2.05, 4.69) is 6.92 Å². The van der Waals surface area contributed by atoms with Crippen molar-refractivity contribution < 1.29 is 14.7 Å². The second kappa shape index (κ2) is 5.15. The van der Waals surface area contributed by atoms with Crippen LogP contribution in [-0.4, -0.2) is 22.8 Å². The Morgan fingerprint density at radius 1 is 1.05 bits per heavy atom. The molecule has 4 rings (SSSR count). The average molecular weight is 304 g/mol. The first-order valence-corrected chi connectivity index (χ1v) is 9.30. The first-order chi connectivity index (χ1) is 10.6. The van der Waals surface area contributed by atoms with Crippen molar-refractivity contribution in [2.24, 2.45) is 35.0 Å². The van der Waals surface area contributed by atoms with Crippen LogP contribution >= 0.6 is 0 Å². The number of carbonyl (C=O) groups excluding carboxylic acids is 2. The average Bonchev–Trinajstić information content (AvgIpc) is 2.78. The molecule has 7 unspecified atom stereocenters. The fraction of sp³-hybridized carbons (Fsp3) is 0.895. The van der Waals surface area contributed by atoms with Crippen molar-refractivity contribution >= 4 is 11.6 Å². The molecule has 4 aliphatic rings. The quantitative estimate of drug-likeness (QED) is 0.809. The Balaban J connectivity index is 1.63. The fourth-order valence-corrected chi connectivity index (χ4v) is 6.91. The number of hydrogen-bond donors (Lipinski definition) is 1. The second-order valence-electron chi connectivity index (χ2n) is 8.38. The highest BCUT2D eigenvalue weighted by Crippen LogP contribution is 2.62. The maximum Gasteiger partial charge on any atom is 0.141 e. The molecule has 7 atom stereocenters. The molecule has 0 saturated heterocycles. The predicted molar refractivity (Wildman–Crippen MR) is 83.1 cm³/mol. The van der Waals surface area contributed by atoms with Crippen LogP contribution in [0.25, 0.3) is 0 Å². The van der Waals surface area contributed by atoms with Gasteiger partial charge in [-0.3, -0.25) is 9.59 Å². The van der Waals surface area contributed by atoms with Crippen molar-refractivity contribution in [1.29, 1.82) is 0 Å². The summed E-state index contributed by atoms with van der Waals surface area (Å²) < 4.78 is 0. The van der Waals surface area contributed by atoms with Gasteiger partial charge in [-0.15, -0.1) is 0 Å². The van der Waals surface area contributed by atoms with Gasteiger partial charge in [0.1, 0.15) is 11.6 Å². The summed E-state index contributed by atoms with van der Waals surface area (Å²) in [6, 6.07) is 0. The molecule has 1 N–H and O–H groups in total. The van der Waals surface area contributed by atoms with E-state index in [1.807, 2.05) is 0 Å². The number of Topliss-reactive ketones (excluding diaryl/α,β-unsaturated/α-hetero) is 2. The van der Waals surface area contributed by atoms with Crippen LogP contribution in [0.4, 0.5) is 0 Å². The second-order valence-corrected chi connectivity index (χ2v) is 8.38. The first kappa shape index (κ1) is 14.9. The molecule has 0 amide bonds. The molecule has 0 bridgehead atoms. The molecule has 3 heteroatoms. The summed E-state index contributed by atoms with van der Waals surface area (Å²) in [7, 11) is 0. The van der Waals surface area contributed by atoms with Crippen LogP contribution in [0.1, 0.15) is 64.7 Å². The van der Waals surface area contributed by atoms with Gasteiger partial charge in [0.25, 0.3) is 0 Å². The summed E-state index contributed by atoms with van der Waals surface area (Å²) in [6.45, 7) is 2.13. The van der Waals surface area contributed by atoms with E-state index in [-0.39, 0.29) is 11.3 Å². The Kier molecular flexibility index (Phi) is 3.48. The van der Waals surface area contributed by atoms with Gasteiger partial charge >= 0.3 is 0 Å². The smallest absolute Gasteiger partial charge is 0.141 e. The van der Waals surface area contributed by atoms with Crippen molar-refractivity contribution in [3.8, 4) is 0 Å². The van der Waals surface area contributed by atoms with E-state index in [0.717, 1.165) is 51.4 Å². The van der Waals surface area contributed by atoms with E-state index < -0.39 is 6.10 Å². The molecule has 122 valence electrons. The minimum absolute atomic E-state index is 0.197. The fourth-order valence-electron chi connectivity index (χ4n) is 6.91. The van der Waals surface area contributed by atoms with E-state index >= 15 is 0 Å². The van der Waals surface area contributed by atoms with Gasteiger partial charge in [0.05, 0.1) is 6.10 Å². The number of hydrogen-bond acceptors (Lipinski definition) is 3. The number of fused-ring (bicyclic) bond motifs is 5. The molecular formula is C19H28O3. The minimum Gasteiger partial charge on any atom is -0.392 e. The van der Waals surface area contributed by atoms with Crippen LogP contribution < -0.4 is 0 Å². The van der Waals surface area contributed by atoms with Gasteiger partial charge in [-0.25, -0.2) is 0 Å². The summed E-state index contributed by atoms with van der Waals surface area (Å²) >= 11 is 0. The lowest BCUT2D eigenvalue weighted by Gasteiger charge is -2.55. The van der Waals surface area contributed by atoms with Crippen molar-refractivity contribution in [1.82, 2.24) is 0 Å². The molecule has 22 heavy (non-hydrogen) atoms. The molecular weight excluding hydrogens is 276 g/mol. The van der Waals surface area contributed by atoms with E-state index in [1.165, 1.54) is 0 Å². The third-order valence-electron chi connectivity index (χ3n) is 7.84. The third kappa shape index (κ3) is 1.90. The van der Waals surface area contributed by atoms with Crippen molar-refractivity contribution in [3.05, 3.63) is 0 Å². The minimum atomic E-state index is -0.415. The molecule has 0 heterocycles. The Bertz CT molecular complexity index is 499. The predicted octanol–water partition coefficient (Wildman–Crippen LogP) is 3.14. The van der Waals surface area contributed by atoms with Crippen LogP contribution in [0.2, 0.25) is 0 Å². The van der Waals surface area contributed by atoms with Crippen LogP contribution in [0.3, 0.4) is 0 Å². The lowest BCUT2D eigenvalue weighted by Crippen LogP contribution is -2.51. The summed E-state index contributed by atoms with van der Waals surface area (Å²) in [5.74, 6) is 3.41. The zero-order valence-electron chi connectivity index (χ0n) is 13.6. The Labute approximate surface area is 132 Å². The van der Waals surface area contributed by atoms with Gasteiger partial charge in [0.15, 0.2) is 0 Å². The molecule has 0 spiro atoms. The lowest BCUT2D eigenvalue weighted by molar-refractivity contribution is -0.139. The summed E-state index contributed by atoms with van der Waals surface area (Å²) in [4.78, 5) is 24.3. The van der Waals surface area contributed by atoms with E-state index in [0.29, 0.717) is 41.7 Å². The molecule has 4 aliphatic carbocycles. The SMILES string of the molecule is CCC12CCC3C4CCC(=O)CC4CCC3C1C(O)CC2=O. The summed E-state index contributed by atoms with van der Waals surface area (Å²) in [5.41, 5.74) is -0.224. The highest BCUT2D eigenvalue weighted by Gasteiger charge is 2.61. The number of aliphatic hydroxyl groups excluding tert-OH is 1. The van der Waals surface area contributed by atoms with Crippen LogP contribution in [0.5, 0.6) is 0 Å². The Hall–Kier alpha value is -0.700. The zero-order valence-corrected chi connectivity index (χ0v) is 13.6. The van der Waals surface area contributed by atoms with E-state index in [4.69, 9.17) is 0 Å². The third-order valence-corrected chi connectivity index (χ3v) is 7.84. The molecule has 0 aliphatic heterocycles. The highest BCUT2D eigenvalue weighted by molar-refractivity contribution is 5.88. The number of rotatable bonds is 1. The summed E-state index contributed by atoms with van der Waals surface area (Å²) in [5, 5.41) is 10.6. The molecule has 0 radical (unpaired) electrons. The number of aliphatic hydroxyl groups is 1. The van der Waals surface area contributed by atoms with E-state index in [1.54, 1.807) is 0 Å². The molecule has 0 aromatic heterocycles.